The Balaban J connectivity index is 0.00000520. The number of rotatable bonds is 16. The van der Waals surface area contributed by atoms with Crippen molar-refractivity contribution in [1.29, 1.82) is 0 Å². The van der Waals surface area contributed by atoms with Crippen molar-refractivity contribution in [3.8, 4) is 17.2 Å². The molecule has 48 heavy (non-hydrogen) atoms. The minimum atomic E-state index is -0.710. The summed E-state index contributed by atoms with van der Waals surface area (Å²) in [6.45, 7) is 2.72. The minimum absolute atomic E-state index is 0. The fraction of sp³-hybridized carbons (Fsp3) is 0.400. The molecule has 0 bridgehead atoms. The Labute approximate surface area is 295 Å². The largest absolute Gasteiger partial charge is 0.495 e. The van der Waals surface area contributed by atoms with E-state index >= 15 is 8.78 Å². The number of ether oxygens (including phenoxy) is 4. The third-order valence-electron chi connectivity index (χ3n) is 7.87. The van der Waals surface area contributed by atoms with Gasteiger partial charge in [-0.25, -0.2) is 18.2 Å². The molecule has 0 N–H and O–H groups in total. The molecule has 1 atom stereocenters. The number of hydrogen-bond acceptors (Lipinski definition) is 7. The molecular formula is C35H40Cl2F3N3O4S. The lowest BCUT2D eigenvalue weighted by atomic mass is 9.84. The van der Waals surface area contributed by atoms with Crippen LogP contribution in [-0.2, 0) is 21.6 Å². The molecule has 4 aromatic rings. The summed E-state index contributed by atoms with van der Waals surface area (Å²) in [5.74, 6) is -1.17. The Kier molecular flexibility index (Phi) is 14.3. The van der Waals surface area contributed by atoms with E-state index in [0.29, 0.717) is 41.4 Å². The van der Waals surface area contributed by atoms with Crippen molar-refractivity contribution in [2.45, 2.75) is 36.1 Å². The first kappa shape index (κ1) is 37.9. The molecule has 0 aliphatic heterocycles. The van der Waals surface area contributed by atoms with Crippen LogP contribution >= 0.6 is 35.8 Å². The van der Waals surface area contributed by atoms with Crippen LogP contribution in [0, 0.1) is 17.5 Å². The van der Waals surface area contributed by atoms with E-state index in [0.717, 1.165) is 42.8 Å². The van der Waals surface area contributed by atoms with Gasteiger partial charge >= 0.3 is 0 Å². The third-order valence-corrected chi connectivity index (χ3v) is 9.15. The van der Waals surface area contributed by atoms with Crippen LogP contribution in [0.2, 0.25) is 5.02 Å². The van der Waals surface area contributed by atoms with E-state index in [2.05, 4.69) is 0 Å². The lowest BCUT2D eigenvalue weighted by molar-refractivity contribution is 0.0324. The molecule has 7 nitrogen and oxygen atoms in total. The van der Waals surface area contributed by atoms with Crippen molar-refractivity contribution < 1.29 is 32.1 Å². The number of likely N-dealkylation sites (N-methyl/N-ethyl adjacent to an activating group) is 1. The van der Waals surface area contributed by atoms with Gasteiger partial charge in [-0.05, 0) is 75.3 Å². The molecule has 1 aliphatic carbocycles. The predicted octanol–water partition coefficient (Wildman–Crippen LogP) is 8.11. The quantitative estimate of drug-likeness (QED) is 0.0855. The maximum Gasteiger partial charge on any atom is 0.173 e. The van der Waals surface area contributed by atoms with Gasteiger partial charge in [0.05, 0.1) is 49.9 Å². The SMILES string of the molecule is COc1cc(C2CCCc3nc(SCc4c(F)cc(OCCOCCOCCN(C)C)cc4F)n(-c4ccc(F)cc4)c32)ccc1Cl.Cl. The molecule has 260 valence electrons. The highest BCUT2D eigenvalue weighted by Gasteiger charge is 2.31. The van der Waals surface area contributed by atoms with Crippen LogP contribution in [0.4, 0.5) is 13.2 Å². The molecule has 3 aromatic carbocycles. The molecule has 0 saturated heterocycles. The smallest absolute Gasteiger partial charge is 0.173 e. The average molecular weight is 727 g/mol. The fourth-order valence-corrected chi connectivity index (χ4v) is 6.74. The first-order valence-corrected chi connectivity index (χ1v) is 16.9. The van der Waals surface area contributed by atoms with Gasteiger partial charge in [-0.3, -0.25) is 4.57 Å². The second kappa shape index (κ2) is 18.2. The summed E-state index contributed by atoms with van der Waals surface area (Å²) in [6, 6.07) is 14.2. The van der Waals surface area contributed by atoms with E-state index in [1.807, 2.05) is 41.8 Å². The van der Waals surface area contributed by atoms with Crippen LogP contribution in [0.1, 0.15) is 41.3 Å². The van der Waals surface area contributed by atoms with Gasteiger partial charge in [-0.2, -0.15) is 0 Å². The highest BCUT2D eigenvalue weighted by molar-refractivity contribution is 7.98. The van der Waals surface area contributed by atoms with Gasteiger partial charge in [-0.1, -0.05) is 29.4 Å². The zero-order chi connectivity index (χ0) is 33.3. The number of halogens is 5. The summed E-state index contributed by atoms with van der Waals surface area (Å²) in [5.41, 5.74) is 3.50. The van der Waals surface area contributed by atoms with E-state index in [9.17, 15) is 4.39 Å². The number of thioether (sulfide) groups is 1. The van der Waals surface area contributed by atoms with E-state index < -0.39 is 11.6 Å². The Morgan fingerprint density at radius 2 is 1.62 bits per heavy atom. The van der Waals surface area contributed by atoms with Crippen LogP contribution < -0.4 is 9.47 Å². The summed E-state index contributed by atoms with van der Waals surface area (Å²) < 4.78 is 68.3. The summed E-state index contributed by atoms with van der Waals surface area (Å²) in [7, 11) is 5.53. The number of nitrogens with zero attached hydrogens (tertiary/aromatic N) is 3. The summed E-state index contributed by atoms with van der Waals surface area (Å²) in [5, 5.41) is 1.08. The highest BCUT2D eigenvalue weighted by atomic mass is 35.5. The van der Waals surface area contributed by atoms with E-state index in [-0.39, 0.29) is 54.4 Å². The van der Waals surface area contributed by atoms with Gasteiger partial charge in [-0.15, -0.1) is 12.4 Å². The van der Waals surface area contributed by atoms with Crippen molar-refractivity contribution >= 4 is 35.8 Å². The van der Waals surface area contributed by atoms with Gasteiger partial charge in [0.2, 0.25) is 0 Å². The number of imidazole rings is 1. The standard InChI is InChI=1S/C35H39ClF3N3O4S.ClH/c1-41(2)13-14-44-15-16-45-17-18-46-26-20-30(38)28(31(39)21-26)22-47-35-40-32-6-4-5-27(23-7-12-29(36)33(19-23)43-3)34(32)42(35)25-10-8-24(37)9-11-25;/h7-12,19-21,27H,4-6,13-18,22H2,1-3H3;1H. The molecule has 13 heteroatoms. The van der Waals surface area contributed by atoms with Crippen molar-refractivity contribution in [3.05, 3.63) is 99.6 Å². The van der Waals surface area contributed by atoms with Crippen LogP contribution in [0.15, 0.2) is 59.8 Å². The van der Waals surface area contributed by atoms with Gasteiger partial charge in [0.25, 0.3) is 0 Å². The Morgan fingerprint density at radius 3 is 2.31 bits per heavy atom. The van der Waals surface area contributed by atoms with Crippen molar-refractivity contribution in [1.82, 2.24) is 14.5 Å². The number of benzene rings is 3. The number of hydrogen-bond donors (Lipinski definition) is 0. The first-order valence-electron chi connectivity index (χ1n) is 15.5. The second-order valence-electron chi connectivity index (χ2n) is 11.4. The van der Waals surface area contributed by atoms with E-state index in [1.54, 1.807) is 19.2 Å². The first-order chi connectivity index (χ1) is 22.7. The molecule has 1 aromatic heterocycles. The second-order valence-corrected chi connectivity index (χ2v) is 12.8. The van der Waals surface area contributed by atoms with Crippen molar-refractivity contribution in [2.24, 2.45) is 0 Å². The van der Waals surface area contributed by atoms with Gasteiger partial charge in [0.15, 0.2) is 5.16 Å². The molecule has 1 aliphatic rings. The van der Waals surface area contributed by atoms with Gasteiger partial charge in [0, 0.05) is 41.6 Å². The van der Waals surface area contributed by atoms with Crippen molar-refractivity contribution in [3.63, 3.8) is 0 Å². The van der Waals surface area contributed by atoms with Crippen LogP contribution in [0.5, 0.6) is 11.5 Å². The van der Waals surface area contributed by atoms with Crippen LogP contribution in [0.3, 0.4) is 0 Å². The molecule has 5 rings (SSSR count). The van der Waals surface area contributed by atoms with Crippen LogP contribution in [-0.4, -0.2) is 75.2 Å². The Morgan fingerprint density at radius 1 is 0.938 bits per heavy atom. The zero-order valence-electron chi connectivity index (χ0n) is 27.1. The molecule has 0 saturated carbocycles. The lowest BCUT2D eigenvalue weighted by Gasteiger charge is -2.26. The van der Waals surface area contributed by atoms with Crippen molar-refractivity contribution in [2.75, 3.05) is 60.8 Å². The van der Waals surface area contributed by atoms with Gasteiger partial charge in [0.1, 0.15) is 35.6 Å². The summed E-state index contributed by atoms with van der Waals surface area (Å²) in [4.78, 5) is 6.98. The monoisotopic (exact) mass is 725 g/mol. The predicted molar refractivity (Wildman–Crippen MR) is 185 cm³/mol. The normalized spacial score (nSPS) is 14.1. The number of fused-ring (bicyclic) bond motifs is 1. The molecule has 1 unspecified atom stereocenters. The zero-order valence-corrected chi connectivity index (χ0v) is 29.5. The highest BCUT2D eigenvalue weighted by Crippen LogP contribution is 2.43. The summed E-state index contributed by atoms with van der Waals surface area (Å²) >= 11 is 7.54. The number of aryl methyl sites for hydroxylation is 1. The molecule has 0 radical (unpaired) electrons. The molecule has 1 heterocycles. The molecule has 0 spiro atoms. The lowest BCUT2D eigenvalue weighted by Crippen LogP contribution is -2.19. The van der Waals surface area contributed by atoms with Crippen LogP contribution in [0.25, 0.3) is 5.69 Å². The minimum Gasteiger partial charge on any atom is -0.495 e. The molecular weight excluding hydrogens is 686 g/mol. The number of methoxy groups -OCH3 is 1. The maximum absolute atomic E-state index is 15.2. The molecule has 0 amide bonds. The van der Waals surface area contributed by atoms with Gasteiger partial charge < -0.3 is 23.8 Å². The van der Waals surface area contributed by atoms with E-state index in [4.69, 9.17) is 35.5 Å². The van der Waals surface area contributed by atoms with E-state index in [1.165, 1.54) is 36.0 Å². The average Bonchev–Trinajstić information content (AvgIpc) is 3.42. The summed E-state index contributed by atoms with van der Waals surface area (Å²) in [6.07, 6.45) is 2.52. The Hall–Kier alpha value is -2.93. The third kappa shape index (κ3) is 9.61. The molecule has 0 fully saturated rings. The number of aromatic nitrogens is 2. The Bertz CT molecular complexity index is 1620. The maximum atomic E-state index is 15.2. The topological polar surface area (TPSA) is 58.0 Å². The fourth-order valence-electron chi connectivity index (χ4n) is 5.49.